The van der Waals surface area contributed by atoms with Crippen molar-refractivity contribution in [2.24, 2.45) is 0 Å². The van der Waals surface area contributed by atoms with Gasteiger partial charge in [0.1, 0.15) is 28.9 Å². The summed E-state index contributed by atoms with van der Waals surface area (Å²) in [6.07, 6.45) is 9.52. The molecule has 4 rings (SSSR count). The summed E-state index contributed by atoms with van der Waals surface area (Å²) < 4.78 is 37.7. The van der Waals surface area contributed by atoms with Crippen LogP contribution in [0.25, 0.3) is 16.9 Å². The third-order valence-corrected chi connectivity index (χ3v) is 6.29. The Morgan fingerprint density at radius 2 is 1.78 bits per heavy atom. The molecule has 1 N–H and O–H groups in total. The van der Waals surface area contributed by atoms with Gasteiger partial charge in [0.05, 0.1) is 17.9 Å². The molecule has 0 aliphatic heterocycles. The lowest BCUT2D eigenvalue weighted by atomic mass is 9.85. The second-order valence-electron chi connectivity index (χ2n) is 8.24. The highest BCUT2D eigenvalue weighted by molar-refractivity contribution is 6.32. The molecule has 3 aromatic rings. The summed E-state index contributed by atoms with van der Waals surface area (Å²) in [6.45, 7) is 1.12. The van der Waals surface area contributed by atoms with Gasteiger partial charge in [-0.05, 0) is 32.9 Å². The number of hydrogen-bond acceptors (Lipinski definition) is 5. The second-order valence-corrected chi connectivity index (χ2v) is 8.60. The van der Waals surface area contributed by atoms with E-state index in [9.17, 15) is 0 Å². The molecule has 2 heterocycles. The first-order valence-corrected chi connectivity index (χ1v) is 11.6. The average Bonchev–Trinajstić information content (AvgIpc) is 3.19. The van der Waals surface area contributed by atoms with Gasteiger partial charge in [0.2, 0.25) is 0 Å². The second kappa shape index (κ2) is 10.5. The summed E-state index contributed by atoms with van der Waals surface area (Å²) in [4.78, 5) is 8.43. The third kappa shape index (κ3) is 4.86. The SMILES string of the molecule is CNCCCOc1cc(F)c(-c2c(Cl)nc3ncnn3c2C2CCCCCCC2)c(F)c1. The van der Waals surface area contributed by atoms with E-state index in [1.165, 1.54) is 24.9 Å². The van der Waals surface area contributed by atoms with Crippen molar-refractivity contribution in [3.8, 4) is 16.9 Å². The van der Waals surface area contributed by atoms with Gasteiger partial charge >= 0.3 is 0 Å². The normalized spacial score (nSPS) is 15.6. The van der Waals surface area contributed by atoms with Crippen LogP contribution in [-0.4, -0.2) is 39.8 Å². The van der Waals surface area contributed by atoms with Gasteiger partial charge in [0.25, 0.3) is 5.78 Å². The molecule has 1 aliphatic carbocycles. The standard InChI is InChI=1S/C23H28ClF2N5O/c1-27-10-7-11-32-16-12-17(25)19(18(26)13-16)20-21(15-8-5-3-2-4-6-9-15)31-23(28-14-29-31)30-22(20)24/h12-15,27H,2-11H2,1H3. The molecule has 6 nitrogen and oxygen atoms in total. The van der Waals surface area contributed by atoms with Crippen molar-refractivity contribution >= 4 is 17.4 Å². The quantitative estimate of drug-likeness (QED) is 0.368. The maximum Gasteiger partial charge on any atom is 0.253 e. The Morgan fingerprint density at radius 3 is 2.47 bits per heavy atom. The van der Waals surface area contributed by atoms with Crippen LogP contribution in [0.5, 0.6) is 5.75 Å². The van der Waals surface area contributed by atoms with Gasteiger partial charge in [0.15, 0.2) is 0 Å². The molecule has 0 unspecified atom stereocenters. The lowest BCUT2D eigenvalue weighted by Gasteiger charge is -2.24. The Morgan fingerprint density at radius 1 is 1.09 bits per heavy atom. The predicted molar refractivity (Wildman–Crippen MR) is 120 cm³/mol. The molecule has 0 saturated heterocycles. The number of ether oxygens (including phenoxy) is 1. The van der Waals surface area contributed by atoms with Gasteiger partial charge in [-0.3, -0.25) is 0 Å². The fraction of sp³-hybridized carbons (Fsp3) is 0.522. The van der Waals surface area contributed by atoms with Crippen molar-refractivity contribution < 1.29 is 13.5 Å². The topological polar surface area (TPSA) is 64.3 Å². The maximum absolute atomic E-state index is 15.3. The molecule has 32 heavy (non-hydrogen) atoms. The van der Waals surface area contributed by atoms with Gasteiger partial charge in [-0.1, -0.05) is 43.7 Å². The molecule has 0 amide bonds. The first kappa shape index (κ1) is 22.9. The maximum atomic E-state index is 15.3. The molecular weight excluding hydrogens is 436 g/mol. The van der Waals surface area contributed by atoms with Crippen LogP contribution in [0.2, 0.25) is 5.15 Å². The summed E-state index contributed by atoms with van der Waals surface area (Å²) in [5, 5.41) is 7.36. The number of benzene rings is 1. The summed E-state index contributed by atoms with van der Waals surface area (Å²) in [6, 6.07) is 2.42. The summed E-state index contributed by atoms with van der Waals surface area (Å²) >= 11 is 6.53. The van der Waals surface area contributed by atoms with Crippen molar-refractivity contribution in [1.29, 1.82) is 0 Å². The number of hydrogen-bond donors (Lipinski definition) is 1. The molecule has 1 fully saturated rings. The zero-order valence-electron chi connectivity index (χ0n) is 18.2. The van der Waals surface area contributed by atoms with E-state index >= 15 is 8.78 Å². The van der Waals surface area contributed by atoms with E-state index in [2.05, 4.69) is 20.4 Å². The van der Waals surface area contributed by atoms with Crippen LogP contribution in [-0.2, 0) is 0 Å². The van der Waals surface area contributed by atoms with E-state index in [1.807, 2.05) is 7.05 Å². The Hall–Kier alpha value is -2.32. The fourth-order valence-electron chi connectivity index (χ4n) is 4.49. The van der Waals surface area contributed by atoms with Crippen molar-refractivity contribution in [3.05, 3.63) is 40.9 Å². The first-order chi connectivity index (χ1) is 15.6. The molecular formula is C23H28ClF2N5O. The van der Waals surface area contributed by atoms with Gasteiger partial charge in [-0.15, -0.1) is 0 Å². The predicted octanol–water partition coefficient (Wildman–Crippen LogP) is 5.54. The van der Waals surface area contributed by atoms with E-state index < -0.39 is 11.6 Å². The monoisotopic (exact) mass is 463 g/mol. The van der Waals surface area contributed by atoms with Crippen molar-refractivity contribution in [2.75, 3.05) is 20.2 Å². The minimum atomic E-state index is -0.733. The molecule has 0 radical (unpaired) electrons. The number of aromatic nitrogens is 4. The van der Waals surface area contributed by atoms with Crippen molar-refractivity contribution in [3.63, 3.8) is 0 Å². The molecule has 2 aromatic heterocycles. The number of rotatable bonds is 7. The Balaban J connectivity index is 1.79. The van der Waals surface area contributed by atoms with Crippen LogP contribution < -0.4 is 10.1 Å². The zero-order valence-corrected chi connectivity index (χ0v) is 19.0. The third-order valence-electron chi connectivity index (χ3n) is 6.02. The van der Waals surface area contributed by atoms with Crippen LogP contribution in [0.3, 0.4) is 0 Å². The van der Waals surface area contributed by atoms with E-state index in [1.54, 1.807) is 4.52 Å². The Kier molecular flexibility index (Phi) is 7.52. The highest BCUT2D eigenvalue weighted by Gasteiger charge is 2.28. The highest BCUT2D eigenvalue weighted by atomic mass is 35.5. The van der Waals surface area contributed by atoms with Gasteiger partial charge in [0, 0.05) is 23.6 Å². The van der Waals surface area contributed by atoms with Crippen LogP contribution >= 0.6 is 11.6 Å². The van der Waals surface area contributed by atoms with E-state index in [-0.39, 0.29) is 27.9 Å². The Bertz CT molecular complexity index is 1040. The first-order valence-electron chi connectivity index (χ1n) is 11.3. The summed E-state index contributed by atoms with van der Waals surface area (Å²) in [5.41, 5.74) is 0.742. The van der Waals surface area contributed by atoms with E-state index in [0.29, 0.717) is 18.1 Å². The van der Waals surface area contributed by atoms with Crippen LogP contribution in [0, 0.1) is 11.6 Å². The molecule has 172 valence electrons. The van der Waals surface area contributed by atoms with Crippen LogP contribution in [0.15, 0.2) is 18.5 Å². The Labute approximate surface area is 191 Å². The number of nitrogens with zero attached hydrogens (tertiary/aromatic N) is 4. The van der Waals surface area contributed by atoms with E-state index in [4.69, 9.17) is 16.3 Å². The molecule has 0 bridgehead atoms. The molecule has 1 saturated carbocycles. The number of fused-ring (bicyclic) bond motifs is 1. The largest absolute Gasteiger partial charge is 0.493 e. The van der Waals surface area contributed by atoms with Crippen LogP contribution in [0.4, 0.5) is 8.78 Å². The minimum Gasteiger partial charge on any atom is -0.493 e. The number of halogens is 3. The average molecular weight is 464 g/mol. The lowest BCUT2D eigenvalue weighted by Crippen LogP contribution is -2.13. The molecule has 0 atom stereocenters. The van der Waals surface area contributed by atoms with Gasteiger partial charge in [-0.2, -0.15) is 15.1 Å². The van der Waals surface area contributed by atoms with E-state index in [0.717, 1.165) is 51.5 Å². The van der Waals surface area contributed by atoms with Crippen molar-refractivity contribution in [2.45, 2.75) is 57.3 Å². The highest BCUT2D eigenvalue weighted by Crippen LogP contribution is 2.42. The lowest BCUT2D eigenvalue weighted by molar-refractivity contribution is 0.306. The molecule has 1 aromatic carbocycles. The summed E-state index contributed by atoms with van der Waals surface area (Å²) in [5.74, 6) is -0.918. The fourth-order valence-corrected chi connectivity index (χ4v) is 4.75. The minimum absolute atomic E-state index is 0.0306. The number of nitrogens with one attached hydrogen (secondary N) is 1. The van der Waals surface area contributed by atoms with Crippen LogP contribution in [0.1, 0.15) is 63.0 Å². The zero-order chi connectivity index (χ0) is 22.5. The molecule has 9 heteroatoms. The summed E-state index contributed by atoms with van der Waals surface area (Å²) in [7, 11) is 1.84. The van der Waals surface area contributed by atoms with Gasteiger partial charge < -0.3 is 10.1 Å². The smallest absolute Gasteiger partial charge is 0.253 e. The van der Waals surface area contributed by atoms with Crippen molar-refractivity contribution in [1.82, 2.24) is 24.9 Å². The molecule has 0 spiro atoms. The van der Waals surface area contributed by atoms with Gasteiger partial charge in [-0.25, -0.2) is 13.3 Å². The molecule has 1 aliphatic rings.